The van der Waals surface area contributed by atoms with Crippen LogP contribution in [0.1, 0.15) is 0 Å². The van der Waals surface area contributed by atoms with Crippen molar-refractivity contribution in [3.8, 4) is 0 Å². The molecule has 0 saturated carbocycles. The van der Waals surface area contributed by atoms with Crippen LogP contribution in [-0.2, 0) is 30.7 Å². The molecule has 0 aliphatic heterocycles. The van der Waals surface area contributed by atoms with Crippen LogP contribution < -0.4 is 0 Å². The fourth-order valence-corrected chi connectivity index (χ4v) is 0.387. The molecule has 0 aliphatic carbocycles. The van der Waals surface area contributed by atoms with Crippen molar-refractivity contribution in [2.45, 2.75) is 0 Å². The Morgan fingerprint density at radius 2 is 1.20 bits per heavy atom. The number of methoxy groups -OCH3 is 2. The molecule has 0 aromatic rings. The predicted octanol–water partition coefficient (Wildman–Crippen LogP) is 0.293. The SMILES string of the molecule is COCCOCCOC.[Ni]. The molecule has 0 radical (unpaired) electrons. The van der Waals surface area contributed by atoms with Gasteiger partial charge in [-0.15, -0.1) is 0 Å². The Bertz CT molecular complexity index is 46.3. The largest absolute Gasteiger partial charge is 0.382 e. The van der Waals surface area contributed by atoms with E-state index < -0.39 is 0 Å². The summed E-state index contributed by atoms with van der Waals surface area (Å²) in [6, 6.07) is 0. The van der Waals surface area contributed by atoms with Gasteiger partial charge in [0.25, 0.3) is 0 Å². The van der Waals surface area contributed by atoms with Crippen LogP contribution >= 0.6 is 0 Å². The van der Waals surface area contributed by atoms with Crippen molar-refractivity contribution >= 4 is 0 Å². The summed E-state index contributed by atoms with van der Waals surface area (Å²) in [5, 5.41) is 0. The molecule has 0 fully saturated rings. The molecule has 3 nitrogen and oxygen atoms in total. The van der Waals surface area contributed by atoms with Gasteiger partial charge in [0.2, 0.25) is 0 Å². The van der Waals surface area contributed by atoms with Crippen LogP contribution in [0.5, 0.6) is 0 Å². The third-order valence-corrected chi connectivity index (χ3v) is 0.864. The molecule has 4 heteroatoms. The second-order valence-electron chi connectivity index (χ2n) is 1.60. The number of hydrogen-bond donors (Lipinski definition) is 0. The minimum absolute atomic E-state index is 0. The van der Waals surface area contributed by atoms with Gasteiger partial charge < -0.3 is 14.2 Å². The van der Waals surface area contributed by atoms with E-state index in [2.05, 4.69) is 0 Å². The Morgan fingerprint density at radius 3 is 1.50 bits per heavy atom. The van der Waals surface area contributed by atoms with E-state index in [0.29, 0.717) is 26.4 Å². The third-order valence-electron chi connectivity index (χ3n) is 0.864. The maximum absolute atomic E-state index is 5.06. The van der Waals surface area contributed by atoms with Crippen LogP contribution in [0.25, 0.3) is 0 Å². The second-order valence-corrected chi connectivity index (χ2v) is 1.60. The summed E-state index contributed by atoms with van der Waals surface area (Å²) in [5.74, 6) is 0. The summed E-state index contributed by atoms with van der Waals surface area (Å²) in [5.41, 5.74) is 0. The molecule has 10 heavy (non-hydrogen) atoms. The molecular formula is C6H14NiO3. The van der Waals surface area contributed by atoms with Gasteiger partial charge in [-0.1, -0.05) is 0 Å². The van der Waals surface area contributed by atoms with Gasteiger partial charge >= 0.3 is 0 Å². The first-order valence-electron chi connectivity index (χ1n) is 2.97. The van der Waals surface area contributed by atoms with Crippen molar-refractivity contribution in [2.75, 3.05) is 40.6 Å². The van der Waals surface area contributed by atoms with E-state index in [1.165, 1.54) is 0 Å². The van der Waals surface area contributed by atoms with Gasteiger partial charge in [0.05, 0.1) is 26.4 Å². The number of hydrogen-bond acceptors (Lipinski definition) is 3. The van der Waals surface area contributed by atoms with Gasteiger partial charge in [0, 0.05) is 30.7 Å². The van der Waals surface area contributed by atoms with Gasteiger partial charge in [-0.2, -0.15) is 0 Å². The third kappa shape index (κ3) is 11.2. The van der Waals surface area contributed by atoms with E-state index in [1.807, 2.05) is 0 Å². The van der Waals surface area contributed by atoms with E-state index >= 15 is 0 Å². The van der Waals surface area contributed by atoms with Crippen molar-refractivity contribution < 1.29 is 30.7 Å². The molecule has 0 aliphatic rings. The zero-order valence-corrected chi connectivity index (χ0v) is 7.36. The topological polar surface area (TPSA) is 27.7 Å². The average Bonchev–Trinajstić information content (AvgIpc) is 1.89. The molecule has 0 unspecified atom stereocenters. The van der Waals surface area contributed by atoms with E-state index in [4.69, 9.17) is 14.2 Å². The quantitative estimate of drug-likeness (QED) is 0.448. The van der Waals surface area contributed by atoms with Crippen LogP contribution in [0.2, 0.25) is 0 Å². The van der Waals surface area contributed by atoms with Crippen LogP contribution in [-0.4, -0.2) is 40.6 Å². The normalized spacial score (nSPS) is 9.00. The number of rotatable bonds is 6. The molecule has 0 aromatic heterocycles. The average molecular weight is 193 g/mol. The molecule has 0 rings (SSSR count). The van der Waals surface area contributed by atoms with Crippen molar-refractivity contribution in [1.82, 2.24) is 0 Å². The molecule has 66 valence electrons. The van der Waals surface area contributed by atoms with Crippen LogP contribution in [0, 0.1) is 0 Å². The predicted molar refractivity (Wildman–Crippen MR) is 34.6 cm³/mol. The molecule has 0 atom stereocenters. The molecular weight excluding hydrogens is 179 g/mol. The van der Waals surface area contributed by atoms with Crippen molar-refractivity contribution in [1.29, 1.82) is 0 Å². The molecule has 0 saturated heterocycles. The van der Waals surface area contributed by atoms with Gasteiger partial charge in [-0.05, 0) is 0 Å². The Labute approximate surface area is 72.0 Å². The van der Waals surface area contributed by atoms with E-state index in [1.54, 1.807) is 14.2 Å². The van der Waals surface area contributed by atoms with Crippen LogP contribution in [0.15, 0.2) is 0 Å². The van der Waals surface area contributed by atoms with Gasteiger partial charge in [-0.25, -0.2) is 0 Å². The Hall–Kier alpha value is 0.374. The Kier molecular flexibility index (Phi) is 15.7. The maximum Gasteiger partial charge on any atom is 0.0701 e. The fourth-order valence-electron chi connectivity index (χ4n) is 0.387. The first-order chi connectivity index (χ1) is 4.41. The van der Waals surface area contributed by atoms with Crippen molar-refractivity contribution in [3.63, 3.8) is 0 Å². The molecule has 0 heterocycles. The van der Waals surface area contributed by atoms with E-state index in [-0.39, 0.29) is 16.5 Å². The zero-order valence-electron chi connectivity index (χ0n) is 6.37. The van der Waals surface area contributed by atoms with Gasteiger partial charge in [-0.3, -0.25) is 0 Å². The molecule has 0 aromatic carbocycles. The smallest absolute Gasteiger partial charge is 0.0701 e. The standard InChI is InChI=1S/C6H14O3.Ni/c1-7-3-5-9-6-4-8-2;/h3-6H2,1-2H3;. The maximum atomic E-state index is 5.06. The fraction of sp³-hybridized carbons (Fsp3) is 1.00. The van der Waals surface area contributed by atoms with Gasteiger partial charge in [0.15, 0.2) is 0 Å². The zero-order chi connectivity index (χ0) is 6.95. The van der Waals surface area contributed by atoms with Crippen molar-refractivity contribution in [2.24, 2.45) is 0 Å². The minimum Gasteiger partial charge on any atom is -0.382 e. The van der Waals surface area contributed by atoms with Crippen LogP contribution in [0.4, 0.5) is 0 Å². The Morgan fingerprint density at radius 1 is 0.800 bits per heavy atom. The van der Waals surface area contributed by atoms with E-state index in [0.717, 1.165) is 0 Å². The first-order valence-corrected chi connectivity index (χ1v) is 2.97. The minimum atomic E-state index is 0. The van der Waals surface area contributed by atoms with Crippen molar-refractivity contribution in [3.05, 3.63) is 0 Å². The molecule has 0 bridgehead atoms. The number of ether oxygens (including phenoxy) is 3. The van der Waals surface area contributed by atoms with Crippen LogP contribution in [0.3, 0.4) is 0 Å². The summed E-state index contributed by atoms with van der Waals surface area (Å²) in [6.45, 7) is 2.62. The molecule has 0 N–H and O–H groups in total. The summed E-state index contributed by atoms with van der Waals surface area (Å²) in [6.07, 6.45) is 0. The van der Waals surface area contributed by atoms with Gasteiger partial charge in [0.1, 0.15) is 0 Å². The summed E-state index contributed by atoms with van der Waals surface area (Å²) >= 11 is 0. The summed E-state index contributed by atoms with van der Waals surface area (Å²) in [7, 11) is 3.30. The monoisotopic (exact) mass is 192 g/mol. The van der Waals surface area contributed by atoms with E-state index in [9.17, 15) is 0 Å². The second kappa shape index (κ2) is 12.1. The molecule has 0 spiro atoms. The summed E-state index contributed by atoms with van der Waals surface area (Å²) in [4.78, 5) is 0. The Balaban J connectivity index is 0. The summed E-state index contributed by atoms with van der Waals surface area (Å²) < 4.78 is 14.6. The first kappa shape index (κ1) is 13.0. The molecule has 0 amide bonds.